The maximum Gasteiger partial charge on any atom is 0.185 e. The Morgan fingerprint density at radius 2 is 2.21 bits per heavy atom. The molecule has 0 saturated carbocycles. The van der Waals surface area contributed by atoms with Crippen LogP contribution in [0.25, 0.3) is 6.08 Å². The third kappa shape index (κ3) is 2.82. The largest absolute Gasteiger partial charge is 0.392 e. The number of aliphatic hydroxyl groups is 1. The van der Waals surface area contributed by atoms with Crippen LogP contribution in [0.2, 0.25) is 0 Å². The van der Waals surface area contributed by atoms with Crippen LogP contribution in [0.5, 0.6) is 0 Å². The van der Waals surface area contributed by atoms with Crippen LogP contribution in [-0.2, 0) is 0 Å². The average Bonchev–Trinajstić information content (AvgIpc) is 2.65. The summed E-state index contributed by atoms with van der Waals surface area (Å²) in [6, 6.07) is 0. The Bertz CT molecular complexity index is 292. The zero-order valence-corrected chi connectivity index (χ0v) is 9.42. The lowest BCUT2D eigenvalue weighted by Crippen LogP contribution is -2.21. The summed E-state index contributed by atoms with van der Waals surface area (Å²) in [5.74, 6) is 0. The van der Waals surface area contributed by atoms with Crippen LogP contribution < -0.4 is 4.90 Å². The number of thiazole rings is 1. The van der Waals surface area contributed by atoms with Crippen molar-refractivity contribution in [1.82, 2.24) is 4.98 Å². The van der Waals surface area contributed by atoms with Crippen molar-refractivity contribution in [3.8, 4) is 0 Å². The minimum atomic E-state index is 0.0818. The summed E-state index contributed by atoms with van der Waals surface area (Å²) in [5, 5.41) is 9.67. The molecule has 0 bridgehead atoms. The van der Waals surface area contributed by atoms with Crippen molar-refractivity contribution in [3.05, 3.63) is 17.2 Å². The van der Waals surface area contributed by atoms with Gasteiger partial charge in [-0.3, -0.25) is 0 Å². The van der Waals surface area contributed by atoms with E-state index in [1.165, 1.54) is 0 Å². The Labute approximate surface area is 88.7 Å². The lowest BCUT2D eigenvalue weighted by atomic mass is 10.4. The monoisotopic (exact) mass is 212 g/mol. The lowest BCUT2D eigenvalue weighted by molar-refractivity contribution is 0.343. The molecule has 0 radical (unpaired) electrons. The Morgan fingerprint density at radius 3 is 2.79 bits per heavy atom. The molecule has 78 valence electrons. The van der Waals surface area contributed by atoms with E-state index in [1.54, 1.807) is 17.4 Å². The molecule has 0 aliphatic rings. The Balaban J connectivity index is 2.71. The highest BCUT2D eigenvalue weighted by atomic mass is 32.1. The second kappa shape index (κ2) is 5.78. The van der Waals surface area contributed by atoms with Crippen LogP contribution in [-0.4, -0.2) is 29.8 Å². The second-order valence-corrected chi connectivity index (χ2v) is 3.84. The molecular formula is C10H16N2OS. The minimum absolute atomic E-state index is 0.0818. The van der Waals surface area contributed by atoms with E-state index in [2.05, 4.69) is 23.7 Å². The van der Waals surface area contributed by atoms with E-state index in [4.69, 9.17) is 5.11 Å². The SMILES string of the molecule is CCN(CC)c1ncc(C=CCO)s1. The molecule has 0 aliphatic heterocycles. The number of nitrogens with zero attached hydrogens (tertiary/aromatic N) is 2. The van der Waals surface area contributed by atoms with E-state index >= 15 is 0 Å². The standard InChI is InChI=1S/C10H16N2OS/c1-3-12(4-2)10-11-8-9(14-10)6-5-7-13/h5-6,8,13H,3-4,7H2,1-2H3. The smallest absolute Gasteiger partial charge is 0.185 e. The molecule has 1 N–H and O–H groups in total. The molecule has 0 saturated heterocycles. The Morgan fingerprint density at radius 1 is 1.50 bits per heavy atom. The summed E-state index contributed by atoms with van der Waals surface area (Å²) in [5.41, 5.74) is 0. The molecule has 4 heteroatoms. The quantitative estimate of drug-likeness (QED) is 0.811. The maximum atomic E-state index is 8.62. The highest BCUT2D eigenvalue weighted by Gasteiger charge is 2.05. The molecule has 0 spiro atoms. The first-order valence-electron chi connectivity index (χ1n) is 4.80. The van der Waals surface area contributed by atoms with Crippen molar-refractivity contribution in [1.29, 1.82) is 0 Å². The lowest BCUT2D eigenvalue weighted by Gasteiger charge is -2.16. The molecule has 0 aliphatic carbocycles. The number of anilines is 1. The van der Waals surface area contributed by atoms with Gasteiger partial charge in [0, 0.05) is 24.2 Å². The van der Waals surface area contributed by atoms with Crippen molar-refractivity contribution in [2.45, 2.75) is 13.8 Å². The molecule has 1 heterocycles. The first-order chi connectivity index (χ1) is 6.81. The van der Waals surface area contributed by atoms with Crippen molar-refractivity contribution in [3.63, 3.8) is 0 Å². The van der Waals surface area contributed by atoms with Gasteiger partial charge in [0.05, 0.1) is 6.61 Å². The topological polar surface area (TPSA) is 36.4 Å². The summed E-state index contributed by atoms with van der Waals surface area (Å²) < 4.78 is 0. The van der Waals surface area contributed by atoms with Gasteiger partial charge >= 0.3 is 0 Å². The number of aromatic nitrogens is 1. The molecule has 0 fully saturated rings. The first-order valence-corrected chi connectivity index (χ1v) is 5.61. The zero-order valence-electron chi connectivity index (χ0n) is 8.60. The third-order valence-electron chi connectivity index (χ3n) is 1.93. The van der Waals surface area contributed by atoms with Crippen molar-refractivity contribution < 1.29 is 5.11 Å². The Kier molecular flexibility index (Phi) is 4.62. The van der Waals surface area contributed by atoms with E-state index in [0.717, 1.165) is 23.1 Å². The third-order valence-corrected chi connectivity index (χ3v) is 2.96. The van der Waals surface area contributed by atoms with Crippen molar-refractivity contribution in [2.24, 2.45) is 0 Å². The van der Waals surface area contributed by atoms with Crippen molar-refractivity contribution >= 4 is 22.5 Å². The second-order valence-electron chi connectivity index (χ2n) is 2.80. The summed E-state index contributed by atoms with van der Waals surface area (Å²) in [7, 11) is 0. The molecule has 3 nitrogen and oxygen atoms in total. The minimum Gasteiger partial charge on any atom is -0.392 e. The van der Waals surface area contributed by atoms with Crippen molar-refractivity contribution in [2.75, 3.05) is 24.6 Å². The van der Waals surface area contributed by atoms with E-state index in [0.29, 0.717) is 0 Å². The van der Waals surface area contributed by atoms with Crippen LogP contribution in [0.3, 0.4) is 0 Å². The fourth-order valence-corrected chi connectivity index (χ4v) is 2.14. The predicted octanol–water partition coefficient (Wildman–Crippen LogP) is 1.99. The molecule has 0 unspecified atom stereocenters. The van der Waals surface area contributed by atoms with Gasteiger partial charge in [-0.15, -0.1) is 0 Å². The molecule has 14 heavy (non-hydrogen) atoms. The average molecular weight is 212 g/mol. The molecule has 0 atom stereocenters. The van der Waals surface area contributed by atoms with Gasteiger partial charge in [-0.05, 0) is 19.9 Å². The fourth-order valence-electron chi connectivity index (χ4n) is 1.16. The summed E-state index contributed by atoms with van der Waals surface area (Å²) in [4.78, 5) is 7.62. The normalized spacial score (nSPS) is 11.1. The van der Waals surface area contributed by atoms with Gasteiger partial charge in [-0.1, -0.05) is 17.4 Å². The summed E-state index contributed by atoms with van der Waals surface area (Å²) >= 11 is 1.65. The van der Waals surface area contributed by atoms with Gasteiger partial charge in [0.25, 0.3) is 0 Å². The summed E-state index contributed by atoms with van der Waals surface area (Å²) in [6.07, 6.45) is 5.45. The zero-order chi connectivity index (χ0) is 10.4. The van der Waals surface area contributed by atoms with Crippen LogP contribution in [0.4, 0.5) is 5.13 Å². The number of hydrogen-bond donors (Lipinski definition) is 1. The van der Waals surface area contributed by atoms with Gasteiger partial charge in [0.2, 0.25) is 0 Å². The van der Waals surface area contributed by atoms with Crippen LogP contribution in [0, 0.1) is 0 Å². The van der Waals surface area contributed by atoms with E-state index < -0.39 is 0 Å². The first kappa shape index (κ1) is 11.2. The number of aliphatic hydroxyl groups excluding tert-OH is 1. The van der Waals surface area contributed by atoms with Gasteiger partial charge < -0.3 is 10.0 Å². The van der Waals surface area contributed by atoms with E-state index in [9.17, 15) is 0 Å². The predicted molar refractivity (Wildman–Crippen MR) is 61.8 cm³/mol. The molecule has 1 aromatic rings. The highest BCUT2D eigenvalue weighted by Crippen LogP contribution is 2.22. The van der Waals surface area contributed by atoms with Crippen LogP contribution in [0.1, 0.15) is 18.7 Å². The van der Waals surface area contributed by atoms with Gasteiger partial charge in [0.15, 0.2) is 5.13 Å². The molecule has 0 amide bonds. The van der Waals surface area contributed by atoms with Gasteiger partial charge in [-0.2, -0.15) is 0 Å². The van der Waals surface area contributed by atoms with Gasteiger partial charge in [-0.25, -0.2) is 4.98 Å². The molecule has 1 rings (SSSR count). The Hall–Kier alpha value is -0.870. The van der Waals surface area contributed by atoms with Crippen LogP contribution >= 0.6 is 11.3 Å². The molecule has 0 aromatic carbocycles. The van der Waals surface area contributed by atoms with Gasteiger partial charge in [0.1, 0.15) is 0 Å². The fraction of sp³-hybridized carbons (Fsp3) is 0.500. The number of rotatable bonds is 5. The molecule has 1 aromatic heterocycles. The molecular weight excluding hydrogens is 196 g/mol. The summed E-state index contributed by atoms with van der Waals surface area (Å²) in [6.45, 7) is 6.28. The highest BCUT2D eigenvalue weighted by molar-refractivity contribution is 7.16. The maximum absolute atomic E-state index is 8.62. The number of hydrogen-bond acceptors (Lipinski definition) is 4. The van der Waals surface area contributed by atoms with E-state index in [1.807, 2.05) is 12.3 Å². The van der Waals surface area contributed by atoms with E-state index in [-0.39, 0.29) is 6.61 Å². The van der Waals surface area contributed by atoms with Crippen LogP contribution in [0.15, 0.2) is 12.3 Å².